The maximum atomic E-state index is 12.4. The zero-order valence-corrected chi connectivity index (χ0v) is 37.2. The lowest BCUT2D eigenvalue weighted by molar-refractivity contribution is -0.161. The van der Waals surface area contributed by atoms with Crippen molar-refractivity contribution in [3.8, 4) is 0 Å². The quantitative estimate of drug-likeness (QED) is 0.0154. The molecule has 0 amide bonds. The van der Waals surface area contributed by atoms with Crippen LogP contribution < -0.4 is 0 Å². The minimum absolute atomic E-state index is 0.0788. The molecule has 11 heteroatoms. The number of aliphatic hydroxyl groups excluding tert-OH is 2. The number of carbonyl (C=O) groups excluding carboxylic acids is 2. The average molecular weight is 837 g/mol. The van der Waals surface area contributed by atoms with Crippen molar-refractivity contribution in [3.63, 3.8) is 0 Å². The highest BCUT2D eigenvalue weighted by atomic mass is 31.2. The van der Waals surface area contributed by atoms with Crippen molar-refractivity contribution < 1.29 is 48.2 Å². The number of phosphoric acid groups is 1. The second-order valence-corrected chi connectivity index (χ2v) is 16.8. The Labute approximate surface area is 352 Å². The summed E-state index contributed by atoms with van der Waals surface area (Å²) in [5, 5.41) is 19.9. The number of unbranched alkanes of at least 4 members (excludes halogenated alkanes) is 16. The van der Waals surface area contributed by atoms with Crippen LogP contribution in [0.3, 0.4) is 0 Å². The molecule has 0 heterocycles. The number of esters is 2. The molecule has 0 aromatic carbocycles. The summed E-state index contributed by atoms with van der Waals surface area (Å²) >= 11 is 0. The summed E-state index contributed by atoms with van der Waals surface area (Å²) in [5.74, 6) is -0.239. The zero-order chi connectivity index (χ0) is 43.0. The Hall–Kier alpha value is -2.59. The van der Waals surface area contributed by atoms with Gasteiger partial charge in [-0.1, -0.05) is 196 Å². The molecule has 0 unspecified atom stereocenters. The third-order valence-corrected chi connectivity index (χ3v) is 9.83. The molecule has 0 saturated carbocycles. The first kappa shape index (κ1) is 55.4. The second-order valence-electron chi connectivity index (χ2n) is 15.5. The lowest BCUT2D eigenvalue weighted by atomic mass is 10.0. The molecule has 0 rings (SSSR count). The third kappa shape index (κ3) is 43.0. The largest absolute Gasteiger partial charge is 0.469 e. The molecule has 0 fully saturated rings. The number of aliphatic hydroxyl groups is 2. The molecule has 0 saturated heterocycles. The fourth-order valence-electron chi connectivity index (χ4n) is 6.00. The van der Waals surface area contributed by atoms with Gasteiger partial charge in [-0.3, -0.25) is 14.1 Å². The molecular weight excluding hydrogens is 755 g/mol. The van der Waals surface area contributed by atoms with Gasteiger partial charge in [0.25, 0.3) is 0 Å². The van der Waals surface area contributed by atoms with Gasteiger partial charge in [0.15, 0.2) is 6.10 Å². The lowest BCUT2D eigenvalue weighted by Crippen LogP contribution is -2.29. The van der Waals surface area contributed by atoms with Crippen LogP contribution in [0.5, 0.6) is 0 Å². The lowest BCUT2D eigenvalue weighted by Gasteiger charge is -2.18. The van der Waals surface area contributed by atoms with Crippen molar-refractivity contribution in [2.45, 2.75) is 193 Å². The zero-order valence-electron chi connectivity index (χ0n) is 36.3. The van der Waals surface area contributed by atoms with Crippen LogP contribution in [0.1, 0.15) is 175 Å². The SMILES string of the molecule is CC/C=C\C[C@@H](O)/C=C/C=C\C/C=C\C=C\[C@@H](O)/C=C\CCCC(=O)OC[C@H](COP(=O)(O)O)OC(=O)CCCCCCCCCCCCCCCCCCC(C)C. The molecule has 0 aliphatic carbocycles. The Morgan fingerprint density at radius 2 is 1.14 bits per heavy atom. The average Bonchev–Trinajstić information content (AvgIpc) is 3.17. The van der Waals surface area contributed by atoms with Crippen LogP contribution in [-0.2, 0) is 28.2 Å². The fraction of sp³-hybridized carbons (Fsp3) is 0.702. The van der Waals surface area contributed by atoms with E-state index in [0.717, 1.165) is 31.6 Å². The van der Waals surface area contributed by atoms with Gasteiger partial charge in [-0.15, -0.1) is 0 Å². The van der Waals surface area contributed by atoms with Gasteiger partial charge in [-0.25, -0.2) is 4.57 Å². The summed E-state index contributed by atoms with van der Waals surface area (Å²) in [6.45, 7) is 5.69. The van der Waals surface area contributed by atoms with Gasteiger partial charge in [0.05, 0.1) is 18.8 Å². The van der Waals surface area contributed by atoms with Crippen molar-refractivity contribution in [1.29, 1.82) is 0 Å². The van der Waals surface area contributed by atoms with Crippen molar-refractivity contribution in [2.24, 2.45) is 5.92 Å². The molecule has 0 aromatic rings. The number of carbonyl (C=O) groups is 2. The number of hydrogen-bond donors (Lipinski definition) is 4. The van der Waals surface area contributed by atoms with Crippen molar-refractivity contribution in [2.75, 3.05) is 13.2 Å². The second kappa shape index (κ2) is 39.8. The van der Waals surface area contributed by atoms with Gasteiger partial charge in [0, 0.05) is 12.8 Å². The van der Waals surface area contributed by atoms with Gasteiger partial charge < -0.3 is 29.5 Å². The summed E-state index contributed by atoms with van der Waals surface area (Å²) in [4.78, 5) is 42.9. The molecule has 0 aliphatic rings. The van der Waals surface area contributed by atoms with Gasteiger partial charge in [-0.05, 0) is 44.4 Å². The van der Waals surface area contributed by atoms with E-state index in [-0.39, 0.29) is 19.4 Å². The predicted molar refractivity (Wildman–Crippen MR) is 237 cm³/mol. The molecule has 0 aliphatic heterocycles. The van der Waals surface area contributed by atoms with E-state index in [1.165, 1.54) is 83.5 Å². The van der Waals surface area contributed by atoms with E-state index in [4.69, 9.17) is 19.3 Å². The molecule has 0 spiro atoms. The summed E-state index contributed by atoms with van der Waals surface area (Å²) in [5.41, 5.74) is 0. The van der Waals surface area contributed by atoms with Crippen LogP contribution in [0, 0.1) is 5.92 Å². The van der Waals surface area contributed by atoms with E-state index < -0.39 is 44.7 Å². The van der Waals surface area contributed by atoms with Crippen LogP contribution in [-0.4, -0.2) is 63.5 Å². The molecule has 3 atom stereocenters. The molecule has 0 aromatic heterocycles. The molecule has 0 bridgehead atoms. The van der Waals surface area contributed by atoms with Crippen molar-refractivity contribution in [3.05, 3.63) is 72.9 Å². The van der Waals surface area contributed by atoms with E-state index in [1.54, 1.807) is 30.4 Å². The molecule has 4 N–H and O–H groups in total. The first-order chi connectivity index (χ1) is 27.9. The van der Waals surface area contributed by atoms with Crippen LogP contribution in [0.2, 0.25) is 0 Å². The molecule has 0 radical (unpaired) electrons. The highest BCUT2D eigenvalue weighted by Gasteiger charge is 2.23. The van der Waals surface area contributed by atoms with Crippen LogP contribution in [0.15, 0.2) is 72.9 Å². The number of hydrogen-bond acceptors (Lipinski definition) is 8. The standard InChI is InChI=1S/C47H81O10P/c1-4-5-26-34-43(48)35-28-22-18-16-19-23-29-36-44(49)37-30-25-32-38-46(50)55-40-45(41-56-58(52,53)54)57-47(51)39-31-24-20-15-13-11-9-7-6-8-10-12-14-17-21-27-33-42(2)3/h5,18-19,22-23,26,28-30,35-37,42-45,48-49H,4,6-17,20-21,24-25,27,31-34,38-41H2,1-3H3,(H2,52,53,54)/b22-18-,23-19-,26-5-,35-28+,36-29+,37-30-/t43-,44-,45-/m1/s1. The summed E-state index contributed by atoms with van der Waals surface area (Å²) in [7, 11) is -4.81. The van der Waals surface area contributed by atoms with Crippen molar-refractivity contribution >= 4 is 19.8 Å². The fourth-order valence-corrected chi connectivity index (χ4v) is 6.36. The van der Waals surface area contributed by atoms with E-state index in [9.17, 15) is 24.4 Å². The first-order valence-electron chi connectivity index (χ1n) is 22.3. The molecular formula is C47H81O10P. The van der Waals surface area contributed by atoms with Crippen LogP contribution in [0.25, 0.3) is 0 Å². The van der Waals surface area contributed by atoms with E-state index in [2.05, 4.69) is 25.3 Å². The molecule has 58 heavy (non-hydrogen) atoms. The number of ether oxygens (including phenoxy) is 2. The Kier molecular flexibility index (Phi) is 38.1. The van der Waals surface area contributed by atoms with Gasteiger partial charge in [-0.2, -0.15) is 0 Å². The number of phosphoric ester groups is 1. The Morgan fingerprint density at radius 3 is 1.69 bits per heavy atom. The minimum atomic E-state index is -4.81. The van der Waals surface area contributed by atoms with E-state index >= 15 is 0 Å². The monoisotopic (exact) mass is 837 g/mol. The highest BCUT2D eigenvalue weighted by molar-refractivity contribution is 7.46. The van der Waals surface area contributed by atoms with Gasteiger partial charge >= 0.3 is 19.8 Å². The molecule has 10 nitrogen and oxygen atoms in total. The minimum Gasteiger partial charge on any atom is -0.462 e. The molecule has 334 valence electrons. The van der Waals surface area contributed by atoms with E-state index in [1.807, 2.05) is 42.5 Å². The number of rotatable bonds is 39. The normalized spacial score (nSPS) is 14.3. The highest BCUT2D eigenvalue weighted by Crippen LogP contribution is 2.36. The predicted octanol–water partition coefficient (Wildman–Crippen LogP) is 11.6. The summed E-state index contributed by atoms with van der Waals surface area (Å²) in [6.07, 6.45) is 44.2. The Morgan fingerprint density at radius 1 is 0.603 bits per heavy atom. The topological polar surface area (TPSA) is 160 Å². The smallest absolute Gasteiger partial charge is 0.462 e. The Balaban J connectivity index is 4.12. The third-order valence-electron chi connectivity index (χ3n) is 9.34. The van der Waals surface area contributed by atoms with Gasteiger partial charge in [0.1, 0.15) is 6.61 Å². The van der Waals surface area contributed by atoms with Gasteiger partial charge in [0.2, 0.25) is 0 Å². The van der Waals surface area contributed by atoms with Crippen molar-refractivity contribution in [1.82, 2.24) is 0 Å². The first-order valence-corrected chi connectivity index (χ1v) is 23.9. The summed E-state index contributed by atoms with van der Waals surface area (Å²) in [6, 6.07) is 0. The Bertz CT molecular complexity index is 1220. The van der Waals surface area contributed by atoms with E-state index in [0.29, 0.717) is 32.1 Å². The van der Waals surface area contributed by atoms with Crippen LogP contribution in [0.4, 0.5) is 0 Å². The maximum Gasteiger partial charge on any atom is 0.469 e. The summed E-state index contributed by atoms with van der Waals surface area (Å²) < 4.78 is 26.3. The maximum absolute atomic E-state index is 12.4. The van der Waals surface area contributed by atoms with Crippen LogP contribution >= 0.6 is 7.82 Å². The number of allylic oxidation sites excluding steroid dienone is 8.